The largest absolute Gasteiger partial charge is 0.495 e. The highest BCUT2D eigenvalue weighted by Gasteiger charge is 2.14. The van der Waals surface area contributed by atoms with E-state index in [-0.39, 0.29) is 23.6 Å². The van der Waals surface area contributed by atoms with Crippen molar-refractivity contribution < 1.29 is 27.9 Å². The average molecular weight is 490 g/mol. The fourth-order valence-corrected chi connectivity index (χ4v) is 2.90. The van der Waals surface area contributed by atoms with Gasteiger partial charge in [-0.15, -0.1) is 0 Å². The maximum atomic E-state index is 13.4. The number of anilines is 2. The van der Waals surface area contributed by atoms with Gasteiger partial charge < -0.3 is 25.1 Å². The van der Waals surface area contributed by atoms with E-state index in [2.05, 4.69) is 31.9 Å². The van der Waals surface area contributed by atoms with Crippen LogP contribution in [-0.4, -0.2) is 31.4 Å². The van der Waals surface area contributed by atoms with E-state index in [1.807, 2.05) is 0 Å². The summed E-state index contributed by atoms with van der Waals surface area (Å²) in [6.07, 6.45) is 0. The lowest BCUT2D eigenvalue weighted by Gasteiger charge is -2.13. The van der Waals surface area contributed by atoms with Crippen molar-refractivity contribution >= 4 is 45.0 Å². The number of ether oxygens (including phenoxy) is 1. The van der Waals surface area contributed by atoms with Gasteiger partial charge in [0.15, 0.2) is 10.4 Å². The first-order valence-corrected chi connectivity index (χ1v) is 9.73. The zero-order chi connectivity index (χ0) is 22.4. The zero-order valence-corrected chi connectivity index (χ0v) is 17.8. The van der Waals surface area contributed by atoms with Crippen LogP contribution < -0.4 is 20.7 Å². The van der Waals surface area contributed by atoms with Gasteiger partial charge >= 0.3 is 0 Å². The van der Waals surface area contributed by atoms with Crippen molar-refractivity contribution in [1.82, 2.24) is 5.32 Å². The number of furan rings is 1. The molecule has 3 amide bonds. The standard InChI is InChI=1S/C21H17BrFN3O5/c1-30-16-6-5-14(10-15(16)26-20(28)12-3-2-4-13(23)9-12)25-19(27)11-24-21(29)17-7-8-18(22)31-17/h2-10H,11H2,1H3,(H,24,29)(H,25,27)(H,26,28). The lowest BCUT2D eigenvalue weighted by molar-refractivity contribution is -0.115. The van der Waals surface area contributed by atoms with Crippen molar-refractivity contribution in [2.24, 2.45) is 0 Å². The minimum atomic E-state index is -0.543. The number of methoxy groups -OCH3 is 1. The molecule has 0 bridgehead atoms. The molecule has 1 heterocycles. The molecule has 3 N–H and O–H groups in total. The SMILES string of the molecule is COc1ccc(NC(=O)CNC(=O)c2ccc(Br)o2)cc1NC(=O)c1cccc(F)c1. The van der Waals surface area contributed by atoms with Crippen molar-refractivity contribution in [3.63, 3.8) is 0 Å². The molecule has 3 aromatic rings. The van der Waals surface area contributed by atoms with E-state index in [1.54, 1.807) is 18.2 Å². The number of nitrogens with one attached hydrogen (secondary N) is 3. The summed E-state index contributed by atoms with van der Waals surface area (Å²) >= 11 is 3.09. The van der Waals surface area contributed by atoms with Crippen molar-refractivity contribution in [3.8, 4) is 5.75 Å². The molecule has 160 valence electrons. The molecule has 0 saturated heterocycles. The van der Waals surface area contributed by atoms with Crippen LogP contribution in [0.25, 0.3) is 0 Å². The first kappa shape index (κ1) is 22.0. The molecule has 0 aliphatic carbocycles. The number of rotatable bonds is 7. The molecule has 0 radical (unpaired) electrons. The lowest BCUT2D eigenvalue weighted by Crippen LogP contribution is -2.32. The predicted octanol–water partition coefficient (Wildman–Crippen LogP) is 3.81. The molecule has 0 atom stereocenters. The Morgan fingerprint density at radius 3 is 2.52 bits per heavy atom. The van der Waals surface area contributed by atoms with Gasteiger partial charge in [0.1, 0.15) is 11.6 Å². The highest BCUT2D eigenvalue weighted by atomic mass is 79.9. The summed E-state index contributed by atoms with van der Waals surface area (Å²) in [4.78, 5) is 36.5. The van der Waals surface area contributed by atoms with Crippen molar-refractivity contribution in [2.45, 2.75) is 0 Å². The van der Waals surface area contributed by atoms with Gasteiger partial charge in [0.05, 0.1) is 19.3 Å². The fourth-order valence-electron chi connectivity index (χ4n) is 2.60. The van der Waals surface area contributed by atoms with E-state index in [0.29, 0.717) is 16.1 Å². The van der Waals surface area contributed by atoms with E-state index < -0.39 is 23.5 Å². The van der Waals surface area contributed by atoms with E-state index in [1.165, 1.54) is 37.4 Å². The minimum Gasteiger partial charge on any atom is -0.495 e. The summed E-state index contributed by atoms with van der Waals surface area (Å²) in [5.74, 6) is -1.71. The van der Waals surface area contributed by atoms with Gasteiger partial charge in [-0.1, -0.05) is 6.07 Å². The van der Waals surface area contributed by atoms with Crippen LogP contribution in [0.4, 0.5) is 15.8 Å². The van der Waals surface area contributed by atoms with Crippen LogP contribution in [0.15, 0.2) is 63.7 Å². The van der Waals surface area contributed by atoms with Gasteiger partial charge in [-0.2, -0.15) is 0 Å². The molecule has 2 aromatic carbocycles. The predicted molar refractivity (Wildman–Crippen MR) is 115 cm³/mol. The summed E-state index contributed by atoms with van der Waals surface area (Å²) in [5, 5.41) is 7.66. The van der Waals surface area contributed by atoms with Crippen molar-refractivity contribution in [2.75, 3.05) is 24.3 Å². The molecule has 0 aliphatic rings. The molecule has 1 aromatic heterocycles. The van der Waals surface area contributed by atoms with Gasteiger partial charge in [0, 0.05) is 11.3 Å². The number of halogens is 2. The van der Waals surface area contributed by atoms with E-state index in [4.69, 9.17) is 9.15 Å². The summed E-state index contributed by atoms with van der Waals surface area (Å²) < 4.78 is 24.1. The number of amides is 3. The molecular weight excluding hydrogens is 473 g/mol. The Morgan fingerprint density at radius 2 is 1.84 bits per heavy atom. The third-order valence-electron chi connectivity index (χ3n) is 4.02. The van der Waals surface area contributed by atoms with Crippen LogP contribution in [0.1, 0.15) is 20.9 Å². The highest BCUT2D eigenvalue weighted by molar-refractivity contribution is 9.10. The van der Waals surface area contributed by atoms with E-state index in [0.717, 1.165) is 6.07 Å². The highest BCUT2D eigenvalue weighted by Crippen LogP contribution is 2.28. The minimum absolute atomic E-state index is 0.0615. The van der Waals surface area contributed by atoms with Crippen LogP contribution >= 0.6 is 15.9 Å². The zero-order valence-electron chi connectivity index (χ0n) is 16.2. The van der Waals surface area contributed by atoms with Crippen LogP contribution in [0.5, 0.6) is 5.75 Å². The Kier molecular flexibility index (Phi) is 7.03. The molecule has 0 aliphatic heterocycles. The Hall–Kier alpha value is -3.66. The lowest BCUT2D eigenvalue weighted by atomic mass is 10.2. The van der Waals surface area contributed by atoms with Crippen LogP contribution in [0.3, 0.4) is 0 Å². The Labute approximate surface area is 184 Å². The number of hydrogen-bond acceptors (Lipinski definition) is 5. The van der Waals surface area contributed by atoms with Crippen LogP contribution in [0, 0.1) is 5.82 Å². The molecule has 10 heteroatoms. The smallest absolute Gasteiger partial charge is 0.287 e. The maximum Gasteiger partial charge on any atom is 0.287 e. The fraction of sp³-hybridized carbons (Fsp3) is 0.0952. The normalized spacial score (nSPS) is 10.3. The topological polar surface area (TPSA) is 110 Å². The van der Waals surface area contributed by atoms with Gasteiger partial charge in [-0.3, -0.25) is 14.4 Å². The summed E-state index contributed by atoms with van der Waals surface area (Å²) in [6.45, 7) is -0.297. The van der Waals surface area contributed by atoms with Crippen LogP contribution in [0.2, 0.25) is 0 Å². The van der Waals surface area contributed by atoms with Gasteiger partial charge in [-0.25, -0.2) is 4.39 Å². The third kappa shape index (κ3) is 5.92. The Balaban J connectivity index is 1.64. The molecule has 0 saturated carbocycles. The van der Waals surface area contributed by atoms with Crippen molar-refractivity contribution in [1.29, 1.82) is 0 Å². The second-order valence-corrected chi connectivity index (χ2v) is 7.00. The van der Waals surface area contributed by atoms with Gasteiger partial charge in [0.2, 0.25) is 5.91 Å². The van der Waals surface area contributed by atoms with Crippen LogP contribution in [-0.2, 0) is 4.79 Å². The summed E-state index contributed by atoms with van der Waals surface area (Å²) in [7, 11) is 1.42. The summed E-state index contributed by atoms with van der Waals surface area (Å²) in [5.41, 5.74) is 0.762. The number of hydrogen-bond donors (Lipinski definition) is 3. The van der Waals surface area contributed by atoms with Gasteiger partial charge in [0.25, 0.3) is 11.8 Å². The Morgan fingerprint density at radius 1 is 1.03 bits per heavy atom. The number of benzene rings is 2. The molecule has 0 unspecified atom stereocenters. The monoisotopic (exact) mass is 489 g/mol. The molecule has 8 nitrogen and oxygen atoms in total. The quantitative estimate of drug-likeness (QED) is 0.467. The van der Waals surface area contributed by atoms with E-state index in [9.17, 15) is 18.8 Å². The first-order valence-electron chi connectivity index (χ1n) is 8.94. The van der Waals surface area contributed by atoms with Gasteiger partial charge in [-0.05, 0) is 64.5 Å². The van der Waals surface area contributed by atoms with Crippen molar-refractivity contribution in [3.05, 3.63) is 76.4 Å². The molecule has 0 fully saturated rings. The molecule has 31 heavy (non-hydrogen) atoms. The average Bonchev–Trinajstić information content (AvgIpc) is 3.18. The van der Waals surface area contributed by atoms with E-state index >= 15 is 0 Å². The molecular formula is C21H17BrFN3O5. The number of carbonyl (C=O) groups excluding carboxylic acids is 3. The molecule has 3 rings (SSSR count). The second-order valence-electron chi connectivity index (χ2n) is 6.21. The Bertz CT molecular complexity index is 1130. The third-order valence-corrected chi connectivity index (χ3v) is 4.45. The maximum absolute atomic E-state index is 13.4. The summed E-state index contributed by atoms with van der Waals surface area (Å²) in [6, 6.07) is 12.9. The molecule has 0 spiro atoms. The first-order chi connectivity index (χ1) is 14.9. The second kappa shape index (κ2) is 9.90. The number of carbonyl (C=O) groups is 3.